The van der Waals surface area contributed by atoms with Crippen LogP contribution in [-0.2, 0) is 0 Å². The van der Waals surface area contributed by atoms with Gasteiger partial charge in [0.1, 0.15) is 0 Å². The summed E-state index contributed by atoms with van der Waals surface area (Å²) < 4.78 is 0. The molecule has 82 valence electrons. The van der Waals surface area contributed by atoms with Crippen molar-refractivity contribution in [2.75, 3.05) is 13.1 Å². The molecule has 1 heterocycles. The second-order valence-electron chi connectivity index (χ2n) is 5.00. The molecule has 2 atom stereocenters. The number of β-amino-alcohol motifs (C(OH)–C–C–N with tert-alkyl or cyclic N) is 2. The van der Waals surface area contributed by atoms with Crippen molar-refractivity contribution in [1.29, 1.82) is 0 Å². The van der Waals surface area contributed by atoms with E-state index in [4.69, 9.17) is 0 Å². The Hall–Kier alpha value is -0.120. The van der Waals surface area contributed by atoms with Gasteiger partial charge >= 0.3 is 0 Å². The summed E-state index contributed by atoms with van der Waals surface area (Å²) in [6.45, 7) is 3.64. The van der Waals surface area contributed by atoms with E-state index in [1.165, 1.54) is 25.7 Å². The Bertz CT molecular complexity index is 180. The molecule has 0 bridgehead atoms. The molecule has 0 aromatic rings. The molecule has 0 radical (unpaired) electrons. The number of hydrogen-bond acceptors (Lipinski definition) is 3. The number of nitrogens with zero attached hydrogens (tertiary/aromatic N) is 1. The second kappa shape index (κ2) is 4.17. The van der Waals surface area contributed by atoms with Gasteiger partial charge in [0, 0.05) is 19.1 Å². The van der Waals surface area contributed by atoms with Gasteiger partial charge in [-0.15, -0.1) is 0 Å². The van der Waals surface area contributed by atoms with Crippen LogP contribution in [0.2, 0.25) is 0 Å². The molecule has 3 nitrogen and oxygen atoms in total. The molecule has 2 rings (SSSR count). The molecule has 1 aliphatic heterocycles. The van der Waals surface area contributed by atoms with E-state index in [1.54, 1.807) is 0 Å². The lowest BCUT2D eigenvalue weighted by molar-refractivity contribution is 0.0572. The van der Waals surface area contributed by atoms with E-state index in [0.29, 0.717) is 19.1 Å². The highest BCUT2D eigenvalue weighted by atomic mass is 16.3. The first-order valence-corrected chi connectivity index (χ1v) is 5.77. The number of hydrogen-bond donors (Lipinski definition) is 2. The molecular weight excluding hydrogens is 178 g/mol. The van der Waals surface area contributed by atoms with Gasteiger partial charge in [-0.2, -0.15) is 0 Å². The summed E-state index contributed by atoms with van der Waals surface area (Å²) >= 11 is 0. The minimum absolute atomic E-state index is 0.519. The molecule has 0 aromatic carbocycles. The van der Waals surface area contributed by atoms with Gasteiger partial charge in [-0.25, -0.2) is 0 Å². The van der Waals surface area contributed by atoms with Crippen molar-refractivity contribution in [1.82, 2.24) is 4.90 Å². The first kappa shape index (κ1) is 10.4. The molecule has 0 aromatic heterocycles. The molecule has 3 heteroatoms. The quantitative estimate of drug-likeness (QED) is 0.650. The van der Waals surface area contributed by atoms with Gasteiger partial charge in [0.05, 0.1) is 12.2 Å². The average Bonchev–Trinajstić information content (AvgIpc) is 2.48. The minimum atomic E-state index is -0.519. The molecular formula is C11H21NO2. The van der Waals surface area contributed by atoms with Crippen LogP contribution in [0.1, 0.15) is 32.6 Å². The lowest BCUT2D eigenvalue weighted by Gasteiger charge is -2.33. The van der Waals surface area contributed by atoms with E-state index < -0.39 is 12.2 Å². The van der Waals surface area contributed by atoms with Crippen LogP contribution in [0, 0.1) is 5.92 Å². The molecule has 1 aliphatic carbocycles. The number of aliphatic hydroxyl groups excluding tert-OH is 2. The summed E-state index contributed by atoms with van der Waals surface area (Å²) in [5.74, 6) is 0.865. The smallest absolute Gasteiger partial charge is 0.0938 e. The van der Waals surface area contributed by atoms with E-state index in [0.717, 1.165) is 5.92 Å². The zero-order chi connectivity index (χ0) is 10.1. The van der Waals surface area contributed by atoms with E-state index in [2.05, 4.69) is 11.8 Å². The molecule has 1 saturated heterocycles. The van der Waals surface area contributed by atoms with Crippen molar-refractivity contribution < 1.29 is 10.2 Å². The van der Waals surface area contributed by atoms with Gasteiger partial charge in [-0.3, -0.25) is 4.90 Å². The van der Waals surface area contributed by atoms with Gasteiger partial charge in [-0.05, 0) is 31.6 Å². The van der Waals surface area contributed by atoms with Gasteiger partial charge in [0.2, 0.25) is 0 Å². The third kappa shape index (κ3) is 2.10. The lowest BCUT2D eigenvalue weighted by atomic mass is 9.87. The van der Waals surface area contributed by atoms with Crippen molar-refractivity contribution in [3.05, 3.63) is 0 Å². The molecule has 0 amide bonds. The Morgan fingerprint density at radius 1 is 0.929 bits per heavy atom. The fourth-order valence-corrected chi connectivity index (χ4v) is 2.70. The maximum atomic E-state index is 9.46. The fourth-order valence-electron chi connectivity index (χ4n) is 2.70. The highest BCUT2D eigenvalue weighted by Gasteiger charge is 2.34. The minimum Gasteiger partial charge on any atom is -0.389 e. The zero-order valence-electron chi connectivity index (χ0n) is 8.89. The van der Waals surface area contributed by atoms with Crippen molar-refractivity contribution in [2.45, 2.75) is 50.9 Å². The molecule has 1 saturated carbocycles. The normalized spacial score (nSPS) is 45.6. The monoisotopic (exact) mass is 199 g/mol. The number of likely N-dealkylation sites (tertiary alicyclic amines) is 1. The molecule has 14 heavy (non-hydrogen) atoms. The van der Waals surface area contributed by atoms with Gasteiger partial charge in [-0.1, -0.05) is 6.92 Å². The predicted octanol–water partition coefficient (Wildman–Crippen LogP) is 0.602. The molecule has 0 spiro atoms. The maximum Gasteiger partial charge on any atom is 0.0938 e. The highest BCUT2D eigenvalue weighted by Crippen LogP contribution is 2.29. The van der Waals surface area contributed by atoms with Crippen molar-refractivity contribution in [3.8, 4) is 0 Å². The van der Waals surface area contributed by atoms with E-state index in [1.807, 2.05) is 0 Å². The Morgan fingerprint density at radius 3 is 1.93 bits per heavy atom. The Morgan fingerprint density at radius 2 is 1.43 bits per heavy atom. The maximum absolute atomic E-state index is 9.46. The molecule has 2 aliphatic rings. The van der Waals surface area contributed by atoms with Crippen LogP contribution in [0.3, 0.4) is 0 Å². The second-order valence-corrected chi connectivity index (χ2v) is 5.00. The van der Waals surface area contributed by atoms with Gasteiger partial charge in [0.15, 0.2) is 0 Å². The third-order valence-corrected chi connectivity index (χ3v) is 3.79. The van der Waals surface area contributed by atoms with Gasteiger partial charge < -0.3 is 10.2 Å². The summed E-state index contributed by atoms with van der Waals surface area (Å²) in [6.07, 6.45) is 4.03. The molecule has 2 N–H and O–H groups in total. The van der Waals surface area contributed by atoms with Crippen molar-refractivity contribution >= 4 is 0 Å². The van der Waals surface area contributed by atoms with Crippen LogP contribution in [0.25, 0.3) is 0 Å². The molecule has 0 unspecified atom stereocenters. The van der Waals surface area contributed by atoms with Crippen LogP contribution >= 0.6 is 0 Å². The summed E-state index contributed by atoms with van der Waals surface area (Å²) in [5.41, 5.74) is 0. The zero-order valence-corrected chi connectivity index (χ0v) is 8.89. The van der Waals surface area contributed by atoms with Crippen LogP contribution in [-0.4, -0.2) is 46.5 Å². The highest BCUT2D eigenvalue weighted by molar-refractivity contribution is 4.89. The van der Waals surface area contributed by atoms with E-state index in [-0.39, 0.29) is 0 Å². The van der Waals surface area contributed by atoms with Crippen LogP contribution in [0.4, 0.5) is 0 Å². The fraction of sp³-hybridized carbons (Fsp3) is 1.00. The van der Waals surface area contributed by atoms with E-state index >= 15 is 0 Å². The summed E-state index contributed by atoms with van der Waals surface area (Å²) in [4.78, 5) is 2.27. The third-order valence-electron chi connectivity index (χ3n) is 3.79. The first-order chi connectivity index (χ1) is 6.66. The number of rotatable bonds is 1. The average molecular weight is 199 g/mol. The Balaban J connectivity index is 1.85. The van der Waals surface area contributed by atoms with Crippen molar-refractivity contribution in [2.24, 2.45) is 5.92 Å². The Kier molecular flexibility index (Phi) is 3.10. The topological polar surface area (TPSA) is 43.7 Å². The Labute approximate surface area is 85.7 Å². The van der Waals surface area contributed by atoms with Crippen LogP contribution in [0.5, 0.6) is 0 Å². The first-order valence-electron chi connectivity index (χ1n) is 5.77. The predicted molar refractivity (Wildman–Crippen MR) is 55.0 cm³/mol. The lowest BCUT2D eigenvalue weighted by Crippen LogP contribution is -2.37. The standard InChI is InChI=1S/C11H21NO2/c1-8-2-4-9(5-3-8)12-6-10(13)11(14)7-12/h8-11,13-14H,2-7H2,1H3/t8-,9-,10-,11-/m1/s1. The van der Waals surface area contributed by atoms with Crippen molar-refractivity contribution in [3.63, 3.8) is 0 Å². The largest absolute Gasteiger partial charge is 0.389 e. The van der Waals surface area contributed by atoms with Crippen LogP contribution in [0.15, 0.2) is 0 Å². The van der Waals surface area contributed by atoms with E-state index in [9.17, 15) is 10.2 Å². The summed E-state index contributed by atoms with van der Waals surface area (Å²) in [7, 11) is 0. The van der Waals surface area contributed by atoms with Crippen LogP contribution < -0.4 is 0 Å². The summed E-state index contributed by atoms with van der Waals surface area (Å²) in [6, 6.07) is 0.609. The van der Waals surface area contributed by atoms with Gasteiger partial charge in [0.25, 0.3) is 0 Å². The molecule has 2 fully saturated rings. The SMILES string of the molecule is C[C@H]1CC[C@H](N2C[C@@H](O)[C@H](O)C2)CC1. The number of aliphatic hydroxyl groups is 2. The summed E-state index contributed by atoms with van der Waals surface area (Å²) in [5, 5.41) is 18.9.